The average molecular weight is 205 g/mol. The third-order valence-corrected chi connectivity index (χ3v) is 2.03. The van der Waals surface area contributed by atoms with Gasteiger partial charge in [0.2, 0.25) is 0 Å². The van der Waals surface area contributed by atoms with Gasteiger partial charge in [-0.1, -0.05) is 5.92 Å². The van der Waals surface area contributed by atoms with Crippen molar-refractivity contribution in [2.24, 2.45) is 0 Å². The zero-order valence-electron chi connectivity index (χ0n) is 9.20. The molecule has 0 aliphatic carbocycles. The van der Waals surface area contributed by atoms with Crippen LogP contribution >= 0.6 is 0 Å². The fraction of sp³-hybridized carbons (Fsp3) is 0.333. The molecule has 1 N–H and O–H groups in total. The van der Waals surface area contributed by atoms with Crippen LogP contribution in [0.4, 0.5) is 5.69 Å². The molecule has 1 aromatic rings. The standard InChI is InChI=1S/C12H15NO2/c1-5-9(2)13-11-8-10(14-3)6-7-12(11)15-4/h1,6-9,13H,2-4H3. The van der Waals surface area contributed by atoms with E-state index in [-0.39, 0.29) is 6.04 Å². The second kappa shape index (κ2) is 5.16. The van der Waals surface area contributed by atoms with Crippen LogP contribution in [-0.4, -0.2) is 20.3 Å². The summed E-state index contributed by atoms with van der Waals surface area (Å²) in [6.45, 7) is 1.90. The number of rotatable bonds is 4. The fourth-order valence-corrected chi connectivity index (χ4v) is 1.20. The minimum atomic E-state index is -0.0500. The molecule has 1 aromatic carbocycles. The van der Waals surface area contributed by atoms with Gasteiger partial charge >= 0.3 is 0 Å². The summed E-state index contributed by atoms with van der Waals surface area (Å²) < 4.78 is 10.3. The lowest BCUT2D eigenvalue weighted by Gasteiger charge is -2.14. The van der Waals surface area contributed by atoms with E-state index in [1.54, 1.807) is 14.2 Å². The first-order valence-corrected chi connectivity index (χ1v) is 4.66. The van der Waals surface area contributed by atoms with Gasteiger partial charge in [0.05, 0.1) is 25.9 Å². The van der Waals surface area contributed by atoms with Crippen molar-refractivity contribution in [1.29, 1.82) is 0 Å². The number of anilines is 1. The molecule has 80 valence electrons. The van der Waals surface area contributed by atoms with Gasteiger partial charge in [0.25, 0.3) is 0 Å². The quantitative estimate of drug-likeness (QED) is 0.764. The molecule has 1 unspecified atom stereocenters. The van der Waals surface area contributed by atoms with E-state index in [1.807, 2.05) is 25.1 Å². The van der Waals surface area contributed by atoms with Crippen LogP contribution in [0.1, 0.15) is 6.92 Å². The molecule has 0 bridgehead atoms. The monoisotopic (exact) mass is 205 g/mol. The molecular formula is C12H15NO2. The van der Waals surface area contributed by atoms with Gasteiger partial charge in [-0.2, -0.15) is 0 Å². The Hall–Kier alpha value is -1.82. The van der Waals surface area contributed by atoms with E-state index in [4.69, 9.17) is 15.9 Å². The zero-order valence-corrected chi connectivity index (χ0v) is 9.20. The molecule has 0 aromatic heterocycles. The van der Waals surface area contributed by atoms with E-state index >= 15 is 0 Å². The largest absolute Gasteiger partial charge is 0.497 e. The maximum Gasteiger partial charge on any atom is 0.142 e. The van der Waals surface area contributed by atoms with E-state index in [0.717, 1.165) is 17.2 Å². The van der Waals surface area contributed by atoms with Crippen LogP contribution < -0.4 is 14.8 Å². The number of terminal acetylenes is 1. The van der Waals surface area contributed by atoms with Crippen LogP contribution in [0.3, 0.4) is 0 Å². The molecule has 0 amide bonds. The Balaban J connectivity index is 2.97. The number of ether oxygens (including phenoxy) is 2. The topological polar surface area (TPSA) is 30.5 Å². The molecule has 1 atom stereocenters. The van der Waals surface area contributed by atoms with E-state index in [1.165, 1.54) is 0 Å². The van der Waals surface area contributed by atoms with Gasteiger partial charge in [0.15, 0.2) is 0 Å². The molecule has 0 radical (unpaired) electrons. The Morgan fingerprint density at radius 3 is 2.60 bits per heavy atom. The SMILES string of the molecule is C#CC(C)Nc1cc(OC)ccc1OC. The summed E-state index contributed by atoms with van der Waals surface area (Å²) in [5, 5.41) is 3.14. The Bertz CT molecular complexity index is 368. The lowest BCUT2D eigenvalue weighted by Crippen LogP contribution is -2.12. The van der Waals surface area contributed by atoms with Gasteiger partial charge in [-0.3, -0.25) is 0 Å². The smallest absolute Gasteiger partial charge is 0.142 e. The van der Waals surface area contributed by atoms with E-state index in [9.17, 15) is 0 Å². The van der Waals surface area contributed by atoms with Crippen molar-refractivity contribution in [3.05, 3.63) is 18.2 Å². The summed E-state index contributed by atoms with van der Waals surface area (Å²) in [4.78, 5) is 0. The molecule has 0 aliphatic rings. The van der Waals surface area contributed by atoms with Crippen molar-refractivity contribution in [3.8, 4) is 23.8 Å². The number of hydrogen-bond acceptors (Lipinski definition) is 3. The normalized spacial score (nSPS) is 11.3. The van der Waals surface area contributed by atoms with Crippen LogP contribution in [0.25, 0.3) is 0 Å². The predicted octanol–water partition coefficient (Wildman–Crippen LogP) is 2.14. The second-order valence-electron chi connectivity index (χ2n) is 3.10. The minimum absolute atomic E-state index is 0.0500. The molecule has 0 saturated carbocycles. The average Bonchev–Trinajstić information content (AvgIpc) is 2.28. The lowest BCUT2D eigenvalue weighted by atomic mass is 10.2. The van der Waals surface area contributed by atoms with Crippen molar-refractivity contribution in [2.75, 3.05) is 19.5 Å². The van der Waals surface area contributed by atoms with Crippen molar-refractivity contribution < 1.29 is 9.47 Å². The summed E-state index contributed by atoms with van der Waals surface area (Å²) in [6, 6.07) is 5.48. The Morgan fingerprint density at radius 1 is 1.33 bits per heavy atom. The summed E-state index contributed by atoms with van der Waals surface area (Å²) in [7, 11) is 3.24. The van der Waals surface area contributed by atoms with Crippen LogP contribution in [0.15, 0.2) is 18.2 Å². The van der Waals surface area contributed by atoms with Gasteiger partial charge in [0, 0.05) is 6.07 Å². The maximum absolute atomic E-state index is 5.30. The summed E-state index contributed by atoms with van der Waals surface area (Å²) >= 11 is 0. The number of nitrogens with one attached hydrogen (secondary N) is 1. The lowest BCUT2D eigenvalue weighted by molar-refractivity contribution is 0.404. The van der Waals surface area contributed by atoms with Crippen molar-refractivity contribution in [2.45, 2.75) is 13.0 Å². The molecule has 3 nitrogen and oxygen atoms in total. The van der Waals surface area contributed by atoms with E-state index in [0.29, 0.717) is 0 Å². The summed E-state index contributed by atoms with van der Waals surface area (Å²) in [6.07, 6.45) is 5.30. The van der Waals surface area contributed by atoms with E-state index < -0.39 is 0 Å². The Kier molecular flexibility index (Phi) is 3.87. The number of benzene rings is 1. The zero-order chi connectivity index (χ0) is 11.3. The van der Waals surface area contributed by atoms with Crippen LogP contribution in [-0.2, 0) is 0 Å². The van der Waals surface area contributed by atoms with Gasteiger partial charge in [-0.25, -0.2) is 0 Å². The molecule has 0 aliphatic heterocycles. The predicted molar refractivity (Wildman–Crippen MR) is 61.5 cm³/mol. The molecule has 1 rings (SSSR count). The first-order chi connectivity index (χ1) is 7.21. The van der Waals surface area contributed by atoms with Gasteiger partial charge in [-0.05, 0) is 19.1 Å². The number of hydrogen-bond donors (Lipinski definition) is 1. The fourth-order valence-electron chi connectivity index (χ4n) is 1.20. The molecule has 0 heterocycles. The van der Waals surface area contributed by atoms with Crippen LogP contribution in [0, 0.1) is 12.3 Å². The highest BCUT2D eigenvalue weighted by molar-refractivity contribution is 5.60. The third-order valence-electron chi connectivity index (χ3n) is 2.03. The summed E-state index contributed by atoms with van der Waals surface area (Å²) in [5.74, 6) is 4.11. The van der Waals surface area contributed by atoms with Crippen molar-refractivity contribution >= 4 is 5.69 Å². The molecular weight excluding hydrogens is 190 g/mol. The maximum atomic E-state index is 5.30. The first-order valence-electron chi connectivity index (χ1n) is 4.66. The molecule has 0 saturated heterocycles. The van der Waals surface area contributed by atoms with Crippen molar-refractivity contribution in [3.63, 3.8) is 0 Å². The molecule has 0 spiro atoms. The first kappa shape index (κ1) is 11.3. The van der Waals surface area contributed by atoms with Crippen LogP contribution in [0.2, 0.25) is 0 Å². The van der Waals surface area contributed by atoms with Crippen LogP contribution in [0.5, 0.6) is 11.5 Å². The molecule has 0 fully saturated rings. The molecule has 3 heteroatoms. The highest BCUT2D eigenvalue weighted by Gasteiger charge is 2.06. The Labute approximate surface area is 90.4 Å². The second-order valence-corrected chi connectivity index (χ2v) is 3.10. The minimum Gasteiger partial charge on any atom is -0.497 e. The van der Waals surface area contributed by atoms with E-state index in [2.05, 4.69) is 11.2 Å². The molecule has 15 heavy (non-hydrogen) atoms. The number of methoxy groups -OCH3 is 2. The van der Waals surface area contributed by atoms with Gasteiger partial charge in [-0.15, -0.1) is 6.42 Å². The van der Waals surface area contributed by atoms with Gasteiger partial charge in [0.1, 0.15) is 11.5 Å². The summed E-state index contributed by atoms with van der Waals surface area (Å²) in [5.41, 5.74) is 0.835. The van der Waals surface area contributed by atoms with Crippen molar-refractivity contribution in [1.82, 2.24) is 0 Å². The highest BCUT2D eigenvalue weighted by Crippen LogP contribution is 2.29. The highest BCUT2D eigenvalue weighted by atomic mass is 16.5. The van der Waals surface area contributed by atoms with Gasteiger partial charge < -0.3 is 14.8 Å². The Morgan fingerprint density at radius 2 is 2.07 bits per heavy atom. The third kappa shape index (κ3) is 2.81.